The molecule has 0 aliphatic heterocycles. The molecule has 2 atom stereocenters. The van der Waals surface area contributed by atoms with Gasteiger partial charge in [0.15, 0.2) is 0 Å². The number of sulfonamides is 1. The summed E-state index contributed by atoms with van der Waals surface area (Å²) in [7, 11) is -3.46. The van der Waals surface area contributed by atoms with Gasteiger partial charge in [-0.3, -0.25) is 0 Å². The molecule has 0 saturated heterocycles. The summed E-state index contributed by atoms with van der Waals surface area (Å²) in [5.41, 5.74) is 0.506. The third kappa shape index (κ3) is 4.07. The zero-order valence-electron chi connectivity index (χ0n) is 11.9. The number of H-pyrrole nitrogens is 1. The number of aromatic amines is 1. The Morgan fingerprint density at radius 2 is 2.25 bits per heavy atom. The molecule has 0 aromatic carbocycles. The molecule has 2 unspecified atom stereocenters. The Kier molecular flexibility index (Phi) is 5.23. The number of aliphatic hydroxyl groups excluding tert-OH is 1. The second-order valence-corrected chi connectivity index (χ2v) is 7.61. The van der Waals surface area contributed by atoms with Gasteiger partial charge in [-0.1, -0.05) is 26.2 Å². The summed E-state index contributed by atoms with van der Waals surface area (Å²) in [5.74, 6) is 1.41. The summed E-state index contributed by atoms with van der Waals surface area (Å²) in [5, 5.41) is 8.94. The zero-order chi connectivity index (χ0) is 14.6. The summed E-state index contributed by atoms with van der Waals surface area (Å²) in [6.45, 7) is 2.57. The fourth-order valence-electron chi connectivity index (χ4n) is 2.97. The van der Waals surface area contributed by atoms with E-state index in [1.54, 1.807) is 0 Å². The van der Waals surface area contributed by atoms with Crippen molar-refractivity contribution in [1.82, 2.24) is 9.71 Å². The molecular weight excluding hydrogens is 276 g/mol. The first-order valence-electron chi connectivity index (χ1n) is 7.29. The lowest BCUT2D eigenvalue weighted by molar-refractivity contribution is 0.271. The van der Waals surface area contributed by atoms with Crippen LogP contribution in [0.25, 0.3) is 0 Å². The van der Waals surface area contributed by atoms with Crippen molar-refractivity contribution in [3.63, 3.8) is 0 Å². The lowest BCUT2D eigenvalue weighted by Gasteiger charge is -2.26. The molecule has 2 rings (SSSR count). The van der Waals surface area contributed by atoms with E-state index >= 15 is 0 Å². The van der Waals surface area contributed by atoms with Crippen molar-refractivity contribution < 1.29 is 13.5 Å². The molecule has 6 heteroatoms. The van der Waals surface area contributed by atoms with Crippen LogP contribution in [0.4, 0.5) is 0 Å². The van der Waals surface area contributed by atoms with E-state index in [1.165, 1.54) is 37.9 Å². The SMILES string of the molecule is CC1CCCC(CCNS(=O)(=O)c2c[nH]c(CO)c2)C1. The fraction of sp³-hybridized carbons (Fsp3) is 0.714. The van der Waals surface area contributed by atoms with Crippen LogP contribution in [0.5, 0.6) is 0 Å². The summed E-state index contributed by atoms with van der Waals surface area (Å²) in [4.78, 5) is 2.93. The maximum absolute atomic E-state index is 12.1. The quantitative estimate of drug-likeness (QED) is 0.751. The van der Waals surface area contributed by atoms with Crippen molar-refractivity contribution in [3.8, 4) is 0 Å². The smallest absolute Gasteiger partial charge is 0.242 e. The van der Waals surface area contributed by atoms with E-state index in [0.717, 1.165) is 12.3 Å². The summed E-state index contributed by atoms with van der Waals surface area (Å²) < 4.78 is 26.8. The standard InChI is InChI=1S/C14H24N2O3S/c1-11-3-2-4-12(7-11)5-6-16-20(18,19)14-8-13(10-17)15-9-14/h8-9,11-12,15-17H,2-7,10H2,1H3. The summed E-state index contributed by atoms with van der Waals surface area (Å²) in [6.07, 6.45) is 7.30. The van der Waals surface area contributed by atoms with Crippen LogP contribution in [0.3, 0.4) is 0 Å². The maximum atomic E-state index is 12.1. The van der Waals surface area contributed by atoms with Crippen LogP contribution in [0, 0.1) is 11.8 Å². The van der Waals surface area contributed by atoms with Crippen molar-refractivity contribution in [3.05, 3.63) is 18.0 Å². The molecule has 114 valence electrons. The summed E-state index contributed by atoms with van der Waals surface area (Å²) >= 11 is 0. The van der Waals surface area contributed by atoms with E-state index in [9.17, 15) is 8.42 Å². The van der Waals surface area contributed by atoms with Crippen LogP contribution in [0.1, 0.15) is 44.7 Å². The number of nitrogens with one attached hydrogen (secondary N) is 2. The minimum atomic E-state index is -3.46. The first kappa shape index (κ1) is 15.5. The summed E-state index contributed by atoms with van der Waals surface area (Å²) in [6, 6.07) is 1.46. The Morgan fingerprint density at radius 1 is 1.45 bits per heavy atom. The molecule has 0 spiro atoms. The number of hydrogen-bond donors (Lipinski definition) is 3. The lowest BCUT2D eigenvalue weighted by atomic mass is 9.81. The molecule has 0 bridgehead atoms. The fourth-order valence-corrected chi connectivity index (χ4v) is 4.03. The molecule has 1 aromatic rings. The van der Waals surface area contributed by atoms with E-state index < -0.39 is 10.0 Å². The number of rotatable bonds is 6. The second-order valence-electron chi connectivity index (χ2n) is 5.84. The molecule has 1 fully saturated rings. The van der Waals surface area contributed by atoms with Gasteiger partial charge in [-0.15, -0.1) is 0 Å². The zero-order valence-corrected chi connectivity index (χ0v) is 12.7. The molecule has 1 aromatic heterocycles. The first-order valence-corrected chi connectivity index (χ1v) is 8.77. The van der Waals surface area contributed by atoms with Crippen LogP contribution in [-0.2, 0) is 16.6 Å². The van der Waals surface area contributed by atoms with Gasteiger partial charge in [-0.25, -0.2) is 13.1 Å². The van der Waals surface area contributed by atoms with Gasteiger partial charge >= 0.3 is 0 Å². The monoisotopic (exact) mass is 300 g/mol. The Balaban J connectivity index is 1.83. The van der Waals surface area contributed by atoms with Crippen molar-refractivity contribution >= 4 is 10.0 Å². The Morgan fingerprint density at radius 3 is 2.90 bits per heavy atom. The Labute approximate surface area is 120 Å². The van der Waals surface area contributed by atoms with Crippen molar-refractivity contribution in [1.29, 1.82) is 0 Å². The van der Waals surface area contributed by atoms with Crippen LogP contribution in [0.2, 0.25) is 0 Å². The molecular formula is C14H24N2O3S. The lowest BCUT2D eigenvalue weighted by Crippen LogP contribution is -2.27. The van der Waals surface area contributed by atoms with Gasteiger partial charge in [0.2, 0.25) is 10.0 Å². The Bertz CT molecular complexity index is 524. The van der Waals surface area contributed by atoms with E-state index in [4.69, 9.17) is 5.11 Å². The van der Waals surface area contributed by atoms with Crippen molar-refractivity contribution in [2.24, 2.45) is 11.8 Å². The molecule has 1 aliphatic rings. The van der Waals surface area contributed by atoms with E-state index in [1.807, 2.05) is 0 Å². The van der Waals surface area contributed by atoms with Gasteiger partial charge in [0.05, 0.1) is 11.5 Å². The third-order valence-electron chi connectivity index (χ3n) is 4.09. The predicted molar refractivity (Wildman–Crippen MR) is 77.6 cm³/mol. The minimum Gasteiger partial charge on any atom is -0.390 e. The van der Waals surface area contributed by atoms with E-state index in [2.05, 4.69) is 16.6 Å². The van der Waals surface area contributed by atoms with Gasteiger partial charge < -0.3 is 10.1 Å². The molecule has 20 heavy (non-hydrogen) atoms. The highest BCUT2D eigenvalue weighted by atomic mass is 32.2. The first-order chi connectivity index (χ1) is 9.51. The van der Waals surface area contributed by atoms with Gasteiger partial charge in [0, 0.05) is 18.4 Å². The number of hydrogen-bond acceptors (Lipinski definition) is 3. The molecule has 3 N–H and O–H groups in total. The largest absolute Gasteiger partial charge is 0.390 e. The molecule has 0 amide bonds. The van der Waals surface area contributed by atoms with Gasteiger partial charge in [0.1, 0.15) is 0 Å². The van der Waals surface area contributed by atoms with E-state index in [0.29, 0.717) is 18.2 Å². The Hall–Kier alpha value is -0.850. The normalized spacial score (nSPS) is 23.9. The molecule has 0 radical (unpaired) electrons. The molecule has 1 saturated carbocycles. The van der Waals surface area contributed by atoms with Crippen LogP contribution in [-0.4, -0.2) is 25.1 Å². The average molecular weight is 300 g/mol. The number of aromatic nitrogens is 1. The topological polar surface area (TPSA) is 82.2 Å². The highest BCUT2D eigenvalue weighted by Gasteiger charge is 2.20. The van der Waals surface area contributed by atoms with Crippen LogP contribution >= 0.6 is 0 Å². The number of aliphatic hydroxyl groups is 1. The minimum absolute atomic E-state index is 0.185. The maximum Gasteiger partial charge on any atom is 0.242 e. The third-order valence-corrected chi connectivity index (χ3v) is 5.53. The van der Waals surface area contributed by atoms with Crippen LogP contribution < -0.4 is 4.72 Å². The molecule has 1 aliphatic carbocycles. The molecule has 1 heterocycles. The van der Waals surface area contributed by atoms with Gasteiger partial charge in [-0.2, -0.15) is 0 Å². The average Bonchev–Trinajstić information content (AvgIpc) is 2.88. The predicted octanol–water partition coefficient (Wildman–Crippen LogP) is 2.00. The molecule has 5 nitrogen and oxygen atoms in total. The highest BCUT2D eigenvalue weighted by Crippen LogP contribution is 2.30. The van der Waals surface area contributed by atoms with Crippen molar-refractivity contribution in [2.45, 2.75) is 50.5 Å². The van der Waals surface area contributed by atoms with E-state index in [-0.39, 0.29) is 11.5 Å². The van der Waals surface area contributed by atoms with Gasteiger partial charge in [-0.05, 0) is 30.7 Å². The second kappa shape index (κ2) is 6.74. The van der Waals surface area contributed by atoms with Gasteiger partial charge in [0.25, 0.3) is 0 Å². The highest BCUT2D eigenvalue weighted by molar-refractivity contribution is 7.89. The van der Waals surface area contributed by atoms with Crippen LogP contribution in [0.15, 0.2) is 17.2 Å². The van der Waals surface area contributed by atoms with Crippen molar-refractivity contribution in [2.75, 3.05) is 6.54 Å².